The number of nitrogens with one attached hydrogen (secondary N) is 4. The number of anilines is 3. The smallest absolute Gasteiger partial charge is 0.323 e. The van der Waals surface area contributed by atoms with Crippen LogP contribution >= 0.6 is 11.6 Å². The third-order valence-corrected chi connectivity index (χ3v) is 6.96. The van der Waals surface area contributed by atoms with E-state index >= 15 is 0 Å². The normalized spacial score (nSPS) is 14.1. The lowest BCUT2D eigenvalue weighted by Gasteiger charge is -2.34. The number of piperazine rings is 1. The van der Waals surface area contributed by atoms with E-state index in [9.17, 15) is 4.79 Å². The van der Waals surface area contributed by atoms with Crippen LogP contribution in [0.1, 0.15) is 0 Å². The zero-order valence-corrected chi connectivity index (χ0v) is 21.6. The van der Waals surface area contributed by atoms with E-state index in [1.807, 2.05) is 30.3 Å². The van der Waals surface area contributed by atoms with Crippen LogP contribution in [0.2, 0.25) is 5.02 Å². The molecule has 1 fully saturated rings. The summed E-state index contributed by atoms with van der Waals surface area (Å²) >= 11 is 5.89. The molecule has 5 aromatic rings. The number of fused-ring (bicyclic) bond motifs is 1. The summed E-state index contributed by atoms with van der Waals surface area (Å²) in [4.78, 5) is 25.2. The fourth-order valence-corrected chi connectivity index (χ4v) is 4.65. The highest BCUT2D eigenvalue weighted by molar-refractivity contribution is 6.30. The molecule has 0 aliphatic carbocycles. The Bertz CT molecular complexity index is 1570. The molecule has 2 aromatic heterocycles. The van der Waals surface area contributed by atoms with Crippen molar-refractivity contribution in [2.24, 2.45) is 0 Å². The van der Waals surface area contributed by atoms with Crippen LogP contribution in [0.3, 0.4) is 0 Å². The van der Waals surface area contributed by atoms with Crippen molar-refractivity contribution in [3.8, 4) is 22.8 Å². The van der Waals surface area contributed by atoms with Crippen LogP contribution in [-0.4, -0.2) is 64.3 Å². The number of nitrogens with zero attached hydrogens (tertiary/aromatic N) is 4. The summed E-state index contributed by atoms with van der Waals surface area (Å²) in [6.07, 6.45) is 0. The molecule has 0 spiro atoms. The van der Waals surface area contributed by atoms with Crippen molar-refractivity contribution in [3.63, 3.8) is 0 Å². The van der Waals surface area contributed by atoms with E-state index in [-0.39, 0.29) is 6.03 Å². The Hall–Kier alpha value is -4.34. The number of carbonyl (C=O) groups is 1. The number of imidazole rings is 1. The minimum Gasteiger partial charge on any atom is -0.369 e. The topological polar surface area (TPSA) is 105 Å². The Morgan fingerprint density at radius 2 is 1.58 bits per heavy atom. The molecule has 2 amide bonds. The zero-order chi connectivity index (χ0) is 26.1. The number of halogens is 1. The standard InChI is InChI=1S/C28H27ClN8O/c1-36-12-14-37(15-13-36)22-10-11-23-25(16-22)33-27(32-23)26-17-24(34-35-26)18-2-6-20(7-3-18)30-28(38)31-21-8-4-19(29)5-9-21/h2-11,16-17H,12-15H2,1H3,(H,32,33)(H,34,35)(H2,30,31,38). The molecule has 3 heterocycles. The van der Waals surface area contributed by atoms with E-state index < -0.39 is 0 Å². The number of rotatable bonds is 5. The second-order valence-electron chi connectivity index (χ2n) is 9.41. The number of urea groups is 1. The van der Waals surface area contributed by atoms with Crippen LogP contribution in [0.5, 0.6) is 0 Å². The number of H-pyrrole nitrogens is 2. The molecule has 4 N–H and O–H groups in total. The van der Waals surface area contributed by atoms with Gasteiger partial charge in [-0.05, 0) is 73.3 Å². The molecule has 0 atom stereocenters. The van der Waals surface area contributed by atoms with Gasteiger partial charge in [0.15, 0.2) is 5.82 Å². The Morgan fingerprint density at radius 1 is 0.895 bits per heavy atom. The molecule has 9 nitrogen and oxygen atoms in total. The van der Waals surface area contributed by atoms with Gasteiger partial charge in [-0.15, -0.1) is 0 Å². The van der Waals surface area contributed by atoms with Gasteiger partial charge in [0.1, 0.15) is 5.69 Å². The number of likely N-dealkylation sites (N-methyl/N-ethyl adjacent to an activating group) is 1. The molecule has 3 aromatic carbocycles. The molecular formula is C28H27ClN8O. The summed E-state index contributed by atoms with van der Waals surface area (Å²) in [5, 5.41) is 13.8. The van der Waals surface area contributed by atoms with Gasteiger partial charge in [-0.2, -0.15) is 5.10 Å². The molecule has 0 radical (unpaired) electrons. The maximum atomic E-state index is 12.3. The second-order valence-corrected chi connectivity index (χ2v) is 9.84. The van der Waals surface area contributed by atoms with Crippen molar-refractivity contribution >= 4 is 45.7 Å². The lowest BCUT2D eigenvalue weighted by atomic mass is 10.1. The molecule has 6 rings (SSSR count). The molecular weight excluding hydrogens is 500 g/mol. The maximum Gasteiger partial charge on any atom is 0.323 e. The molecule has 1 aliphatic heterocycles. The van der Waals surface area contributed by atoms with E-state index in [4.69, 9.17) is 16.6 Å². The lowest BCUT2D eigenvalue weighted by molar-refractivity contribution is 0.262. The third-order valence-electron chi connectivity index (χ3n) is 6.71. The third kappa shape index (κ3) is 5.20. The fourth-order valence-electron chi connectivity index (χ4n) is 4.53. The Balaban J connectivity index is 1.13. The molecule has 192 valence electrons. The second kappa shape index (κ2) is 10.2. The predicted molar refractivity (Wildman–Crippen MR) is 153 cm³/mol. The molecule has 0 unspecified atom stereocenters. The fraction of sp³-hybridized carbons (Fsp3) is 0.179. The van der Waals surface area contributed by atoms with Crippen molar-refractivity contribution in [1.82, 2.24) is 25.1 Å². The molecule has 1 aliphatic rings. The number of carbonyl (C=O) groups excluding carboxylic acids is 1. The first-order chi connectivity index (χ1) is 18.5. The minimum absolute atomic E-state index is 0.329. The average Bonchev–Trinajstić information content (AvgIpc) is 3.58. The minimum atomic E-state index is -0.329. The van der Waals surface area contributed by atoms with Gasteiger partial charge in [0.05, 0.1) is 16.7 Å². The van der Waals surface area contributed by atoms with E-state index in [2.05, 4.69) is 60.9 Å². The monoisotopic (exact) mass is 526 g/mol. The number of amides is 2. The Kier molecular flexibility index (Phi) is 6.45. The molecule has 1 saturated heterocycles. The summed E-state index contributed by atoms with van der Waals surface area (Å²) in [7, 11) is 2.16. The van der Waals surface area contributed by atoms with Crippen molar-refractivity contribution in [2.45, 2.75) is 0 Å². The Morgan fingerprint density at radius 3 is 2.29 bits per heavy atom. The maximum absolute atomic E-state index is 12.3. The summed E-state index contributed by atoms with van der Waals surface area (Å²) in [5.74, 6) is 0.718. The largest absolute Gasteiger partial charge is 0.369 e. The van der Waals surface area contributed by atoms with Crippen LogP contribution in [0.25, 0.3) is 33.8 Å². The highest BCUT2D eigenvalue weighted by Crippen LogP contribution is 2.27. The van der Waals surface area contributed by atoms with Gasteiger partial charge in [0.25, 0.3) is 0 Å². The number of hydrogen-bond acceptors (Lipinski definition) is 5. The van der Waals surface area contributed by atoms with E-state index in [0.717, 1.165) is 60.0 Å². The van der Waals surface area contributed by atoms with E-state index in [0.29, 0.717) is 16.4 Å². The quantitative estimate of drug-likeness (QED) is 0.236. The first kappa shape index (κ1) is 24.0. The first-order valence-corrected chi connectivity index (χ1v) is 12.8. The van der Waals surface area contributed by atoms with Gasteiger partial charge < -0.3 is 25.4 Å². The van der Waals surface area contributed by atoms with Crippen LogP contribution in [0, 0.1) is 0 Å². The van der Waals surface area contributed by atoms with Crippen LogP contribution in [0.15, 0.2) is 72.8 Å². The number of aromatic nitrogens is 4. The molecule has 0 saturated carbocycles. The van der Waals surface area contributed by atoms with E-state index in [1.165, 1.54) is 5.69 Å². The van der Waals surface area contributed by atoms with Crippen LogP contribution < -0.4 is 15.5 Å². The van der Waals surface area contributed by atoms with Gasteiger partial charge in [-0.3, -0.25) is 5.10 Å². The van der Waals surface area contributed by atoms with Crippen LogP contribution in [0.4, 0.5) is 21.9 Å². The molecule has 0 bridgehead atoms. The van der Waals surface area contributed by atoms with Gasteiger partial charge in [0, 0.05) is 48.3 Å². The van der Waals surface area contributed by atoms with Gasteiger partial charge in [0.2, 0.25) is 0 Å². The predicted octanol–water partition coefficient (Wildman–Crippen LogP) is 5.67. The number of hydrogen-bond donors (Lipinski definition) is 4. The summed E-state index contributed by atoms with van der Waals surface area (Å²) in [6, 6.07) is 22.5. The highest BCUT2D eigenvalue weighted by atomic mass is 35.5. The highest BCUT2D eigenvalue weighted by Gasteiger charge is 2.16. The Labute approximate surface area is 224 Å². The van der Waals surface area contributed by atoms with Gasteiger partial charge >= 0.3 is 6.03 Å². The van der Waals surface area contributed by atoms with Gasteiger partial charge in [-0.25, -0.2) is 9.78 Å². The lowest BCUT2D eigenvalue weighted by Crippen LogP contribution is -2.44. The zero-order valence-electron chi connectivity index (χ0n) is 20.8. The van der Waals surface area contributed by atoms with Crippen molar-refractivity contribution < 1.29 is 4.79 Å². The first-order valence-electron chi connectivity index (χ1n) is 12.4. The van der Waals surface area contributed by atoms with Crippen molar-refractivity contribution in [1.29, 1.82) is 0 Å². The SMILES string of the molecule is CN1CCN(c2ccc3[nH]c(-c4cc(-c5ccc(NC(=O)Nc6ccc(Cl)cc6)cc5)[nH]n4)nc3c2)CC1. The summed E-state index contributed by atoms with van der Waals surface area (Å²) < 4.78 is 0. The summed E-state index contributed by atoms with van der Waals surface area (Å²) in [6.45, 7) is 4.16. The molecule has 10 heteroatoms. The summed E-state index contributed by atoms with van der Waals surface area (Å²) in [5.41, 5.74) is 6.98. The van der Waals surface area contributed by atoms with E-state index in [1.54, 1.807) is 24.3 Å². The number of benzene rings is 3. The number of aromatic amines is 2. The average molecular weight is 527 g/mol. The van der Waals surface area contributed by atoms with Crippen LogP contribution in [-0.2, 0) is 0 Å². The van der Waals surface area contributed by atoms with Crippen molar-refractivity contribution in [2.75, 3.05) is 48.8 Å². The van der Waals surface area contributed by atoms with Crippen molar-refractivity contribution in [3.05, 3.63) is 77.8 Å². The molecule has 38 heavy (non-hydrogen) atoms. The van der Waals surface area contributed by atoms with Gasteiger partial charge in [-0.1, -0.05) is 23.7 Å².